The normalized spacial score (nSPS) is 11.1. The van der Waals surface area contributed by atoms with Crippen molar-refractivity contribution in [2.75, 3.05) is 11.9 Å². The van der Waals surface area contributed by atoms with E-state index in [9.17, 15) is 22.8 Å². The van der Waals surface area contributed by atoms with Crippen LogP contribution in [0.5, 0.6) is 5.75 Å². The molecule has 3 aromatic carbocycles. The number of amides is 1. The molecule has 4 aromatic rings. The smallest absolute Gasteiger partial charge is 0.416 e. The van der Waals surface area contributed by atoms with E-state index in [0.717, 1.165) is 17.7 Å². The van der Waals surface area contributed by atoms with Crippen molar-refractivity contribution in [2.45, 2.75) is 26.6 Å². The molecule has 0 spiro atoms. The minimum absolute atomic E-state index is 0.153. The molecule has 39 heavy (non-hydrogen) atoms. The topological polar surface area (TPSA) is 77.5 Å². The summed E-state index contributed by atoms with van der Waals surface area (Å²) in [5.41, 5.74) is 2.08. The summed E-state index contributed by atoms with van der Waals surface area (Å²) in [5.74, 6) is -0.674. The summed E-state index contributed by atoms with van der Waals surface area (Å²) in [5, 5.41) is 2.66. The van der Waals surface area contributed by atoms with Gasteiger partial charge in [-0.3, -0.25) is 9.78 Å². The molecular weight excluding hydrogens is 509 g/mol. The molecule has 0 saturated heterocycles. The number of rotatable bonds is 8. The van der Waals surface area contributed by atoms with E-state index in [2.05, 4.69) is 10.3 Å². The van der Waals surface area contributed by atoms with Gasteiger partial charge < -0.3 is 14.8 Å². The minimum Gasteiger partial charge on any atom is -0.488 e. The molecular formula is C30H25F3N2O4. The number of nitrogens with zero attached hydrogens (tertiary/aromatic N) is 1. The molecule has 0 fully saturated rings. The molecule has 0 unspecified atom stereocenters. The minimum atomic E-state index is -4.56. The fourth-order valence-corrected chi connectivity index (χ4v) is 3.93. The van der Waals surface area contributed by atoms with Gasteiger partial charge in [-0.15, -0.1) is 0 Å². The summed E-state index contributed by atoms with van der Waals surface area (Å²) >= 11 is 0. The van der Waals surface area contributed by atoms with Gasteiger partial charge in [-0.2, -0.15) is 13.2 Å². The lowest BCUT2D eigenvalue weighted by Crippen LogP contribution is -2.09. The average molecular weight is 535 g/mol. The molecule has 1 N–H and O–H groups in total. The Balaban J connectivity index is 1.78. The zero-order chi connectivity index (χ0) is 28.0. The largest absolute Gasteiger partial charge is 0.488 e. The van der Waals surface area contributed by atoms with E-state index in [4.69, 9.17) is 9.47 Å². The lowest BCUT2D eigenvalue weighted by Gasteiger charge is -2.15. The molecule has 1 aromatic heterocycles. The van der Waals surface area contributed by atoms with Gasteiger partial charge in [0.1, 0.15) is 12.4 Å². The standard InChI is InChI=1S/C30H25F3N2O4/c1-3-38-29(37)23-13-22(14-25(15-23)35-19(2)36)21-11-12-34-27(16-21)26-17-24(30(31,32)33)9-10-28(26)39-18-20-7-5-4-6-8-20/h4-17H,3,18H2,1-2H3,(H,35,36). The van der Waals surface area contributed by atoms with Crippen LogP contribution in [-0.2, 0) is 22.3 Å². The Hall–Kier alpha value is -4.66. The quantitative estimate of drug-likeness (QED) is 0.243. The number of nitrogens with one attached hydrogen (secondary N) is 1. The Kier molecular flexibility index (Phi) is 8.29. The van der Waals surface area contributed by atoms with Crippen molar-refractivity contribution >= 4 is 17.6 Å². The summed E-state index contributed by atoms with van der Waals surface area (Å²) in [6.07, 6.45) is -3.10. The molecule has 200 valence electrons. The van der Waals surface area contributed by atoms with Gasteiger partial charge >= 0.3 is 12.1 Å². The van der Waals surface area contributed by atoms with Crippen molar-refractivity contribution in [3.63, 3.8) is 0 Å². The van der Waals surface area contributed by atoms with E-state index in [1.807, 2.05) is 30.3 Å². The van der Waals surface area contributed by atoms with Crippen LogP contribution in [0.2, 0.25) is 0 Å². The second-order valence-electron chi connectivity index (χ2n) is 8.61. The second kappa shape index (κ2) is 11.8. The SMILES string of the molecule is CCOC(=O)c1cc(NC(C)=O)cc(-c2ccnc(-c3cc(C(F)(F)F)ccc3OCc3ccccc3)c2)c1. The number of carbonyl (C=O) groups excluding carboxylic acids is 2. The summed E-state index contributed by atoms with van der Waals surface area (Å²) in [6, 6.07) is 20.5. The molecule has 1 amide bonds. The van der Waals surface area contributed by atoms with Crippen LogP contribution in [-0.4, -0.2) is 23.5 Å². The van der Waals surface area contributed by atoms with E-state index < -0.39 is 17.7 Å². The highest BCUT2D eigenvalue weighted by molar-refractivity contribution is 5.96. The van der Waals surface area contributed by atoms with Crippen LogP contribution in [0.15, 0.2) is 85.1 Å². The van der Waals surface area contributed by atoms with Crippen molar-refractivity contribution in [3.8, 4) is 28.1 Å². The van der Waals surface area contributed by atoms with Gasteiger partial charge in [-0.25, -0.2) is 4.79 Å². The van der Waals surface area contributed by atoms with E-state index in [0.29, 0.717) is 16.8 Å². The van der Waals surface area contributed by atoms with Gasteiger partial charge in [-0.05, 0) is 72.1 Å². The Labute approximate surface area is 223 Å². The van der Waals surface area contributed by atoms with Crippen molar-refractivity contribution < 1.29 is 32.2 Å². The number of esters is 1. The number of ether oxygens (including phenoxy) is 2. The van der Waals surface area contributed by atoms with Crippen LogP contribution in [0, 0.1) is 0 Å². The van der Waals surface area contributed by atoms with Gasteiger partial charge in [0.15, 0.2) is 0 Å². The van der Waals surface area contributed by atoms with Gasteiger partial charge in [0.2, 0.25) is 5.91 Å². The third-order valence-corrected chi connectivity index (χ3v) is 5.68. The van der Waals surface area contributed by atoms with Crippen molar-refractivity contribution in [3.05, 3.63) is 102 Å². The Morgan fingerprint density at radius 1 is 0.923 bits per heavy atom. The molecule has 0 bridgehead atoms. The number of alkyl halides is 3. The fourth-order valence-electron chi connectivity index (χ4n) is 3.93. The monoisotopic (exact) mass is 534 g/mol. The van der Waals surface area contributed by atoms with Gasteiger partial charge in [0.05, 0.1) is 23.4 Å². The Morgan fingerprint density at radius 3 is 2.38 bits per heavy atom. The molecule has 0 radical (unpaired) electrons. The lowest BCUT2D eigenvalue weighted by molar-refractivity contribution is -0.137. The van der Waals surface area contributed by atoms with E-state index >= 15 is 0 Å². The number of benzene rings is 3. The van der Waals surface area contributed by atoms with Crippen LogP contribution in [0.1, 0.15) is 35.3 Å². The van der Waals surface area contributed by atoms with E-state index in [-0.39, 0.29) is 41.7 Å². The first kappa shape index (κ1) is 27.4. The summed E-state index contributed by atoms with van der Waals surface area (Å²) in [4.78, 5) is 28.5. The average Bonchev–Trinajstić information content (AvgIpc) is 2.91. The molecule has 0 aliphatic heterocycles. The zero-order valence-electron chi connectivity index (χ0n) is 21.2. The first-order chi connectivity index (χ1) is 18.6. The molecule has 0 aliphatic carbocycles. The molecule has 0 atom stereocenters. The number of hydrogen-bond acceptors (Lipinski definition) is 5. The maximum Gasteiger partial charge on any atom is 0.416 e. The third kappa shape index (κ3) is 7.01. The molecule has 0 aliphatic rings. The highest BCUT2D eigenvalue weighted by atomic mass is 19.4. The fraction of sp³-hybridized carbons (Fsp3) is 0.167. The summed E-state index contributed by atoms with van der Waals surface area (Å²) < 4.78 is 51.8. The Morgan fingerprint density at radius 2 is 1.69 bits per heavy atom. The van der Waals surface area contributed by atoms with Crippen LogP contribution in [0.3, 0.4) is 0 Å². The summed E-state index contributed by atoms with van der Waals surface area (Å²) in [6.45, 7) is 3.34. The van der Waals surface area contributed by atoms with Crippen LogP contribution >= 0.6 is 0 Å². The van der Waals surface area contributed by atoms with Gasteiger partial charge in [-0.1, -0.05) is 30.3 Å². The first-order valence-electron chi connectivity index (χ1n) is 12.1. The Bertz CT molecular complexity index is 1490. The molecule has 1 heterocycles. The van der Waals surface area contributed by atoms with Crippen LogP contribution in [0.25, 0.3) is 22.4 Å². The van der Waals surface area contributed by atoms with E-state index in [1.54, 1.807) is 31.2 Å². The molecule has 9 heteroatoms. The second-order valence-corrected chi connectivity index (χ2v) is 8.61. The van der Waals surface area contributed by atoms with Crippen LogP contribution < -0.4 is 10.1 Å². The van der Waals surface area contributed by atoms with Gasteiger partial charge in [0.25, 0.3) is 0 Å². The number of carbonyl (C=O) groups is 2. The maximum atomic E-state index is 13.6. The zero-order valence-corrected chi connectivity index (χ0v) is 21.2. The predicted molar refractivity (Wildman–Crippen MR) is 141 cm³/mol. The van der Waals surface area contributed by atoms with Crippen molar-refractivity contribution in [1.82, 2.24) is 4.98 Å². The van der Waals surface area contributed by atoms with E-state index in [1.165, 1.54) is 25.3 Å². The highest BCUT2D eigenvalue weighted by Gasteiger charge is 2.31. The first-order valence-corrected chi connectivity index (χ1v) is 12.1. The third-order valence-electron chi connectivity index (χ3n) is 5.68. The summed E-state index contributed by atoms with van der Waals surface area (Å²) in [7, 11) is 0. The van der Waals surface area contributed by atoms with Crippen LogP contribution in [0.4, 0.5) is 18.9 Å². The number of anilines is 1. The molecule has 4 rings (SSSR count). The van der Waals surface area contributed by atoms with Gasteiger partial charge in [0, 0.05) is 24.4 Å². The van der Waals surface area contributed by atoms with Crippen molar-refractivity contribution in [2.24, 2.45) is 0 Å². The lowest BCUT2D eigenvalue weighted by atomic mass is 9.99. The molecule has 6 nitrogen and oxygen atoms in total. The van der Waals surface area contributed by atoms with Crippen molar-refractivity contribution in [1.29, 1.82) is 0 Å². The maximum absolute atomic E-state index is 13.6. The number of halogens is 3. The number of aromatic nitrogens is 1. The number of pyridine rings is 1. The molecule has 0 saturated carbocycles. The predicted octanol–water partition coefficient (Wildman–Crippen LogP) is 7.15. The number of hydrogen-bond donors (Lipinski definition) is 1. The highest BCUT2D eigenvalue weighted by Crippen LogP contribution is 2.38.